The quantitative estimate of drug-likeness (QED) is 0.710. The zero-order valence-corrected chi connectivity index (χ0v) is 8.32. The standard InChI is InChI=1S/C12H17NO/c13-12(9-5-4-8-11(12)14)10-6-2-1-3-7-10/h1-3,6-7,11,14H,4-5,8-9,13H2/t11-,12-/m1/s1. The molecule has 2 nitrogen and oxygen atoms in total. The van der Waals surface area contributed by atoms with Crippen LogP contribution in [0.15, 0.2) is 30.3 Å². The number of aliphatic hydroxyl groups excluding tert-OH is 1. The normalized spacial score (nSPS) is 32.9. The van der Waals surface area contributed by atoms with Crippen molar-refractivity contribution in [1.29, 1.82) is 0 Å². The predicted octanol–water partition coefficient (Wildman–Crippen LogP) is 1.78. The monoisotopic (exact) mass is 191 g/mol. The van der Waals surface area contributed by atoms with Crippen LogP contribution in [0.1, 0.15) is 31.2 Å². The van der Waals surface area contributed by atoms with Crippen LogP contribution in [0.4, 0.5) is 0 Å². The highest BCUT2D eigenvalue weighted by Gasteiger charge is 2.37. The predicted molar refractivity (Wildman–Crippen MR) is 56.8 cm³/mol. The van der Waals surface area contributed by atoms with Gasteiger partial charge in [-0.2, -0.15) is 0 Å². The molecule has 1 aliphatic carbocycles. The fraction of sp³-hybridized carbons (Fsp3) is 0.500. The van der Waals surface area contributed by atoms with E-state index >= 15 is 0 Å². The summed E-state index contributed by atoms with van der Waals surface area (Å²) in [5, 5.41) is 9.96. The molecule has 2 atom stereocenters. The molecule has 0 amide bonds. The first-order chi connectivity index (χ1) is 6.73. The molecule has 1 aliphatic rings. The van der Waals surface area contributed by atoms with E-state index in [1.165, 1.54) is 0 Å². The lowest BCUT2D eigenvalue weighted by molar-refractivity contribution is 0.0450. The van der Waals surface area contributed by atoms with Gasteiger partial charge in [0.2, 0.25) is 0 Å². The number of hydrogen-bond donors (Lipinski definition) is 2. The molecule has 14 heavy (non-hydrogen) atoms. The van der Waals surface area contributed by atoms with Gasteiger partial charge in [-0.3, -0.25) is 0 Å². The first kappa shape index (κ1) is 9.69. The van der Waals surface area contributed by atoms with Crippen LogP contribution in [0.25, 0.3) is 0 Å². The van der Waals surface area contributed by atoms with Gasteiger partial charge < -0.3 is 10.8 Å². The van der Waals surface area contributed by atoms with E-state index in [1.54, 1.807) is 0 Å². The van der Waals surface area contributed by atoms with Crippen LogP contribution >= 0.6 is 0 Å². The van der Waals surface area contributed by atoms with E-state index in [2.05, 4.69) is 0 Å². The average Bonchev–Trinajstić information content (AvgIpc) is 2.24. The number of hydrogen-bond acceptors (Lipinski definition) is 2. The summed E-state index contributed by atoms with van der Waals surface area (Å²) in [6.07, 6.45) is 3.53. The minimum Gasteiger partial charge on any atom is -0.391 e. The molecule has 2 heteroatoms. The summed E-state index contributed by atoms with van der Waals surface area (Å²) >= 11 is 0. The molecule has 0 radical (unpaired) electrons. The molecular formula is C12H17NO. The zero-order valence-electron chi connectivity index (χ0n) is 8.32. The van der Waals surface area contributed by atoms with Crippen LogP contribution in [-0.2, 0) is 5.54 Å². The SMILES string of the molecule is N[C@@]1(c2ccccc2)CCCC[C@H]1O. The van der Waals surface area contributed by atoms with Gasteiger partial charge in [0.25, 0.3) is 0 Å². The van der Waals surface area contributed by atoms with E-state index in [-0.39, 0.29) is 0 Å². The van der Waals surface area contributed by atoms with Crippen molar-refractivity contribution in [2.24, 2.45) is 5.73 Å². The molecule has 0 heterocycles. The van der Waals surface area contributed by atoms with Crippen molar-refractivity contribution >= 4 is 0 Å². The Morgan fingerprint density at radius 3 is 2.57 bits per heavy atom. The summed E-state index contributed by atoms with van der Waals surface area (Å²) in [5.74, 6) is 0. The molecule has 1 aromatic rings. The Labute approximate surface area is 84.7 Å². The van der Waals surface area contributed by atoms with E-state index in [9.17, 15) is 5.11 Å². The van der Waals surface area contributed by atoms with Crippen molar-refractivity contribution < 1.29 is 5.11 Å². The molecule has 0 saturated heterocycles. The highest BCUT2D eigenvalue weighted by Crippen LogP contribution is 2.34. The van der Waals surface area contributed by atoms with Gasteiger partial charge in [0.1, 0.15) is 0 Å². The molecule has 2 rings (SSSR count). The lowest BCUT2D eigenvalue weighted by Gasteiger charge is -2.38. The topological polar surface area (TPSA) is 46.2 Å². The van der Waals surface area contributed by atoms with Crippen LogP contribution < -0.4 is 5.73 Å². The third-order valence-electron chi connectivity index (χ3n) is 3.22. The lowest BCUT2D eigenvalue weighted by Crippen LogP contribution is -2.49. The minimum absolute atomic E-state index is 0.390. The summed E-state index contributed by atoms with van der Waals surface area (Å²) in [7, 11) is 0. The number of benzene rings is 1. The van der Waals surface area contributed by atoms with E-state index in [4.69, 9.17) is 5.73 Å². The van der Waals surface area contributed by atoms with E-state index < -0.39 is 11.6 Å². The molecule has 0 aromatic heterocycles. The van der Waals surface area contributed by atoms with E-state index in [0.717, 1.165) is 31.2 Å². The van der Waals surface area contributed by atoms with E-state index in [0.29, 0.717) is 0 Å². The molecule has 0 unspecified atom stereocenters. The lowest BCUT2D eigenvalue weighted by atomic mass is 9.75. The van der Waals surface area contributed by atoms with Crippen molar-refractivity contribution in [3.8, 4) is 0 Å². The summed E-state index contributed by atoms with van der Waals surface area (Å²) in [6, 6.07) is 9.95. The van der Waals surface area contributed by atoms with Gasteiger partial charge in [0, 0.05) is 0 Å². The Kier molecular flexibility index (Phi) is 2.57. The van der Waals surface area contributed by atoms with Gasteiger partial charge in [-0.1, -0.05) is 43.2 Å². The van der Waals surface area contributed by atoms with Crippen LogP contribution in [0.3, 0.4) is 0 Å². The molecule has 1 aromatic carbocycles. The molecule has 0 bridgehead atoms. The number of nitrogens with two attached hydrogens (primary N) is 1. The van der Waals surface area contributed by atoms with Crippen LogP contribution in [-0.4, -0.2) is 11.2 Å². The first-order valence-electron chi connectivity index (χ1n) is 5.26. The maximum absolute atomic E-state index is 9.96. The highest BCUT2D eigenvalue weighted by molar-refractivity contribution is 5.26. The van der Waals surface area contributed by atoms with Crippen LogP contribution in [0.5, 0.6) is 0 Å². The molecule has 1 fully saturated rings. The third kappa shape index (κ3) is 1.56. The fourth-order valence-electron chi connectivity index (χ4n) is 2.26. The van der Waals surface area contributed by atoms with Gasteiger partial charge in [0.15, 0.2) is 0 Å². The van der Waals surface area contributed by atoms with Crippen LogP contribution in [0.2, 0.25) is 0 Å². The Hall–Kier alpha value is -0.860. The molecular weight excluding hydrogens is 174 g/mol. The first-order valence-corrected chi connectivity index (χ1v) is 5.26. The van der Waals surface area contributed by atoms with Crippen molar-refractivity contribution in [2.45, 2.75) is 37.3 Å². The number of aliphatic hydroxyl groups is 1. The second-order valence-corrected chi connectivity index (χ2v) is 4.17. The maximum Gasteiger partial charge on any atom is 0.0761 e. The van der Waals surface area contributed by atoms with Gasteiger partial charge >= 0.3 is 0 Å². The average molecular weight is 191 g/mol. The Morgan fingerprint density at radius 1 is 1.21 bits per heavy atom. The fourth-order valence-corrected chi connectivity index (χ4v) is 2.26. The smallest absolute Gasteiger partial charge is 0.0761 e. The number of rotatable bonds is 1. The third-order valence-corrected chi connectivity index (χ3v) is 3.22. The van der Waals surface area contributed by atoms with Gasteiger partial charge in [-0.15, -0.1) is 0 Å². The van der Waals surface area contributed by atoms with Gasteiger partial charge in [-0.25, -0.2) is 0 Å². The summed E-state index contributed by atoms with van der Waals surface area (Å²) < 4.78 is 0. The Bertz CT molecular complexity index is 298. The van der Waals surface area contributed by atoms with Crippen molar-refractivity contribution in [1.82, 2.24) is 0 Å². The highest BCUT2D eigenvalue weighted by atomic mass is 16.3. The Balaban J connectivity index is 2.30. The van der Waals surface area contributed by atoms with Crippen molar-refractivity contribution in [3.05, 3.63) is 35.9 Å². The van der Waals surface area contributed by atoms with Gasteiger partial charge in [-0.05, 0) is 18.4 Å². The van der Waals surface area contributed by atoms with Crippen LogP contribution in [0, 0.1) is 0 Å². The van der Waals surface area contributed by atoms with Crippen molar-refractivity contribution in [3.63, 3.8) is 0 Å². The summed E-state index contributed by atoms with van der Waals surface area (Å²) in [6.45, 7) is 0. The minimum atomic E-state index is -0.514. The molecule has 76 valence electrons. The zero-order chi connectivity index (χ0) is 10.0. The second-order valence-electron chi connectivity index (χ2n) is 4.17. The van der Waals surface area contributed by atoms with E-state index in [1.807, 2.05) is 30.3 Å². The maximum atomic E-state index is 9.96. The molecule has 1 saturated carbocycles. The second kappa shape index (κ2) is 3.71. The van der Waals surface area contributed by atoms with Gasteiger partial charge in [0.05, 0.1) is 11.6 Å². The van der Waals surface area contributed by atoms with Crippen molar-refractivity contribution in [2.75, 3.05) is 0 Å². The summed E-state index contributed by atoms with van der Waals surface area (Å²) in [4.78, 5) is 0. The molecule has 3 N–H and O–H groups in total. The molecule has 0 spiro atoms. The summed E-state index contributed by atoms with van der Waals surface area (Å²) in [5.41, 5.74) is 6.82. The molecule has 0 aliphatic heterocycles. The Morgan fingerprint density at radius 2 is 1.93 bits per heavy atom. The largest absolute Gasteiger partial charge is 0.391 e.